The van der Waals surface area contributed by atoms with E-state index < -0.39 is 4.92 Å². The highest BCUT2D eigenvalue weighted by Crippen LogP contribution is 2.27. The van der Waals surface area contributed by atoms with Gasteiger partial charge in [0.25, 0.3) is 5.69 Å². The van der Waals surface area contributed by atoms with Gasteiger partial charge in [-0.2, -0.15) is 0 Å². The van der Waals surface area contributed by atoms with Crippen molar-refractivity contribution in [2.24, 2.45) is 0 Å². The van der Waals surface area contributed by atoms with Crippen LogP contribution in [0.5, 0.6) is 5.75 Å². The fourth-order valence-electron chi connectivity index (χ4n) is 1.47. The molecule has 1 atom stereocenters. The molecule has 1 aromatic rings. The van der Waals surface area contributed by atoms with Crippen LogP contribution in [0.15, 0.2) is 18.2 Å². The number of nitro groups is 1. The molecule has 1 rings (SSSR count). The molecule has 0 amide bonds. The zero-order valence-corrected chi connectivity index (χ0v) is 9.69. The van der Waals surface area contributed by atoms with E-state index in [1.807, 2.05) is 14.0 Å². The van der Waals surface area contributed by atoms with E-state index in [9.17, 15) is 10.1 Å². The van der Waals surface area contributed by atoms with Gasteiger partial charge in [-0.15, -0.1) is 0 Å². The maximum atomic E-state index is 10.7. The number of likely N-dealkylation sites (N-methyl/N-ethyl adjacent to an activating group) is 1. The van der Waals surface area contributed by atoms with Gasteiger partial charge in [0.15, 0.2) is 0 Å². The van der Waals surface area contributed by atoms with Gasteiger partial charge in [-0.3, -0.25) is 10.1 Å². The van der Waals surface area contributed by atoms with E-state index in [4.69, 9.17) is 4.74 Å². The van der Waals surface area contributed by atoms with Gasteiger partial charge in [0, 0.05) is 12.6 Å². The Morgan fingerprint density at radius 2 is 2.25 bits per heavy atom. The molecule has 0 saturated carbocycles. The van der Waals surface area contributed by atoms with Crippen LogP contribution >= 0.6 is 0 Å². The first-order chi connectivity index (χ1) is 7.56. The van der Waals surface area contributed by atoms with Crippen LogP contribution in [0.2, 0.25) is 0 Å². The van der Waals surface area contributed by atoms with E-state index in [2.05, 4.69) is 5.32 Å². The third-order valence-electron chi connectivity index (χ3n) is 2.27. The molecule has 0 radical (unpaired) electrons. The summed E-state index contributed by atoms with van der Waals surface area (Å²) in [6.45, 7) is 4.30. The number of ether oxygens (including phenoxy) is 1. The summed E-state index contributed by atoms with van der Waals surface area (Å²) in [4.78, 5) is 10.3. The van der Waals surface area contributed by atoms with Crippen molar-refractivity contribution < 1.29 is 9.66 Å². The number of benzene rings is 1. The van der Waals surface area contributed by atoms with Gasteiger partial charge < -0.3 is 10.1 Å². The largest absolute Gasteiger partial charge is 0.489 e. The van der Waals surface area contributed by atoms with Crippen LogP contribution in [-0.2, 0) is 0 Å². The second-order valence-corrected chi connectivity index (χ2v) is 3.64. The van der Waals surface area contributed by atoms with Gasteiger partial charge >= 0.3 is 0 Å². The van der Waals surface area contributed by atoms with Crippen LogP contribution in [0.3, 0.4) is 0 Å². The van der Waals surface area contributed by atoms with Crippen molar-refractivity contribution in [2.45, 2.75) is 20.0 Å². The summed E-state index contributed by atoms with van der Waals surface area (Å²) in [5.74, 6) is 0.567. The summed E-state index contributed by atoms with van der Waals surface area (Å²) in [6.07, 6.45) is -0.0225. The van der Waals surface area contributed by atoms with Crippen LogP contribution in [-0.4, -0.2) is 24.6 Å². The normalized spacial score (nSPS) is 12.2. The van der Waals surface area contributed by atoms with Crippen LogP contribution in [0.25, 0.3) is 0 Å². The van der Waals surface area contributed by atoms with Crippen LogP contribution in [0.1, 0.15) is 12.5 Å². The summed E-state index contributed by atoms with van der Waals surface area (Å²) >= 11 is 0. The van der Waals surface area contributed by atoms with Crippen LogP contribution in [0, 0.1) is 17.0 Å². The van der Waals surface area contributed by atoms with Crippen molar-refractivity contribution in [3.8, 4) is 5.75 Å². The molecule has 0 saturated heterocycles. The Labute approximate surface area is 94.6 Å². The topological polar surface area (TPSA) is 64.4 Å². The Kier molecular flexibility index (Phi) is 4.25. The molecular weight excluding hydrogens is 208 g/mol. The molecule has 16 heavy (non-hydrogen) atoms. The SMILES string of the molecule is CNCC(C)Oc1cccc([N+](=O)[O-])c1C. The highest BCUT2D eigenvalue weighted by atomic mass is 16.6. The standard InChI is InChI=1S/C11H16N2O3/c1-8(7-12-3)16-11-6-4-5-10(9(11)2)13(14)15/h4-6,8,12H,7H2,1-3H3. The number of rotatable bonds is 5. The zero-order valence-electron chi connectivity index (χ0n) is 9.69. The van der Waals surface area contributed by atoms with Gasteiger partial charge in [-0.05, 0) is 27.0 Å². The summed E-state index contributed by atoms with van der Waals surface area (Å²) in [6, 6.07) is 4.85. The van der Waals surface area contributed by atoms with E-state index >= 15 is 0 Å². The average molecular weight is 224 g/mol. The summed E-state index contributed by atoms with van der Waals surface area (Å²) in [7, 11) is 1.83. The molecule has 1 aromatic carbocycles. The molecule has 1 unspecified atom stereocenters. The lowest BCUT2D eigenvalue weighted by atomic mass is 10.2. The molecule has 0 heterocycles. The third-order valence-corrected chi connectivity index (χ3v) is 2.27. The molecule has 0 bridgehead atoms. The number of hydrogen-bond donors (Lipinski definition) is 1. The highest BCUT2D eigenvalue weighted by molar-refractivity contribution is 5.48. The maximum Gasteiger partial charge on any atom is 0.276 e. The van der Waals surface area contributed by atoms with Gasteiger partial charge in [0.05, 0.1) is 10.5 Å². The van der Waals surface area contributed by atoms with Crippen molar-refractivity contribution in [2.75, 3.05) is 13.6 Å². The summed E-state index contributed by atoms with van der Waals surface area (Å²) < 4.78 is 5.61. The van der Waals surface area contributed by atoms with E-state index in [1.165, 1.54) is 6.07 Å². The Hall–Kier alpha value is -1.62. The van der Waals surface area contributed by atoms with E-state index in [1.54, 1.807) is 19.1 Å². The first kappa shape index (κ1) is 12.4. The molecule has 5 nitrogen and oxygen atoms in total. The van der Waals surface area contributed by atoms with Crippen LogP contribution in [0.4, 0.5) is 5.69 Å². The van der Waals surface area contributed by atoms with Crippen molar-refractivity contribution in [3.63, 3.8) is 0 Å². The second kappa shape index (κ2) is 5.46. The molecule has 0 spiro atoms. The lowest BCUT2D eigenvalue weighted by Gasteiger charge is -2.15. The molecule has 88 valence electrons. The van der Waals surface area contributed by atoms with E-state index in [0.29, 0.717) is 17.9 Å². The number of nitro benzene ring substituents is 1. The first-order valence-electron chi connectivity index (χ1n) is 5.11. The molecule has 1 N–H and O–H groups in total. The molecule has 0 aromatic heterocycles. The third kappa shape index (κ3) is 2.93. The Balaban J connectivity index is 2.89. The second-order valence-electron chi connectivity index (χ2n) is 3.64. The predicted octanol–water partition coefficient (Wildman–Crippen LogP) is 1.89. The number of hydrogen-bond acceptors (Lipinski definition) is 4. The van der Waals surface area contributed by atoms with Gasteiger partial charge in [-0.25, -0.2) is 0 Å². The molecule has 0 fully saturated rings. The maximum absolute atomic E-state index is 10.7. The van der Waals surface area contributed by atoms with E-state index in [-0.39, 0.29) is 11.8 Å². The minimum Gasteiger partial charge on any atom is -0.489 e. The Bertz CT molecular complexity index is 379. The fourth-order valence-corrected chi connectivity index (χ4v) is 1.47. The Morgan fingerprint density at radius 3 is 2.81 bits per heavy atom. The summed E-state index contributed by atoms with van der Waals surface area (Å²) in [5, 5.41) is 13.7. The monoisotopic (exact) mass is 224 g/mol. The molecule has 0 aliphatic rings. The van der Waals surface area contributed by atoms with Crippen molar-refractivity contribution in [3.05, 3.63) is 33.9 Å². The minimum atomic E-state index is -0.398. The predicted molar refractivity (Wildman–Crippen MR) is 61.9 cm³/mol. The van der Waals surface area contributed by atoms with E-state index in [0.717, 1.165) is 0 Å². The van der Waals surface area contributed by atoms with Gasteiger partial charge in [0.1, 0.15) is 11.9 Å². The lowest BCUT2D eigenvalue weighted by molar-refractivity contribution is -0.385. The van der Waals surface area contributed by atoms with Gasteiger partial charge in [-0.1, -0.05) is 6.07 Å². The molecule has 0 aliphatic carbocycles. The molecular formula is C11H16N2O3. The first-order valence-corrected chi connectivity index (χ1v) is 5.11. The zero-order chi connectivity index (χ0) is 12.1. The molecule has 0 aliphatic heterocycles. The quantitative estimate of drug-likeness (QED) is 0.612. The highest BCUT2D eigenvalue weighted by Gasteiger charge is 2.15. The van der Waals surface area contributed by atoms with Crippen molar-refractivity contribution in [1.82, 2.24) is 5.32 Å². The number of nitrogens with one attached hydrogen (secondary N) is 1. The van der Waals surface area contributed by atoms with Crippen LogP contribution < -0.4 is 10.1 Å². The molecule has 5 heteroatoms. The van der Waals surface area contributed by atoms with Crippen molar-refractivity contribution in [1.29, 1.82) is 0 Å². The minimum absolute atomic E-state index is 0.0225. The van der Waals surface area contributed by atoms with Crippen molar-refractivity contribution >= 4 is 5.69 Å². The smallest absolute Gasteiger partial charge is 0.276 e. The summed E-state index contributed by atoms with van der Waals surface area (Å²) in [5.41, 5.74) is 0.657. The Morgan fingerprint density at radius 1 is 1.56 bits per heavy atom. The lowest BCUT2D eigenvalue weighted by Crippen LogP contribution is -2.26. The fraction of sp³-hybridized carbons (Fsp3) is 0.455. The number of nitrogens with zero attached hydrogens (tertiary/aromatic N) is 1. The average Bonchev–Trinajstić information content (AvgIpc) is 2.21. The van der Waals surface area contributed by atoms with Gasteiger partial charge in [0.2, 0.25) is 0 Å².